The zero-order chi connectivity index (χ0) is 20.3. The van der Waals surface area contributed by atoms with E-state index in [0.717, 1.165) is 13.1 Å². The summed E-state index contributed by atoms with van der Waals surface area (Å²) in [6, 6.07) is 0.874. The molecule has 1 aliphatic rings. The summed E-state index contributed by atoms with van der Waals surface area (Å²) in [4.78, 5) is 36.5. The summed E-state index contributed by atoms with van der Waals surface area (Å²) in [5, 5.41) is 2.00. The molecule has 0 saturated carbocycles. The average molecular weight is 408 g/mol. The van der Waals surface area contributed by atoms with Gasteiger partial charge in [0.25, 0.3) is 11.5 Å². The van der Waals surface area contributed by atoms with Gasteiger partial charge in [0, 0.05) is 13.1 Å². The third kappa shape index (κ3) is 2.97. The molecule has 2 aromatic rings. The molecular weight excluding hydrogens is 398 g/mol. The Labute approximate surface area is 152 Å². The molecule has 1 aromatic carbocycles. The van der Waals surface area contributed by atoms with Gasteiger partial charge < -0.3 is 10.1 Å². The fourth-order valence-electron chi connectivity index (χ4n) is 2.60. The second-order valence-electron chi connectivity index (χ2n) is 5.68. The molecule has 1 amide bonds. The van der Waals surface area contributed by atoms with E-state index in [-0.39, 0.29) is 26.0 Å². The average Bonchev–Trinajstić information content (AvgIpc) is 2.54. The van der Waals surface area contributed by atoms with E-state index in [9.17, 15) is 31.9 Å². The lowest BCUT2D eigenvalue weighted by Crippen LogP contribution is -2.42. The molecule has 0 radical (unpaired) electrons. The van der Waals surface area contributed by atoms with E-state index in [1.165, 1.54) is 6.92 Å². The monoisotopic (exact) mass is 407 g/mol. The van der Waals surface area contributed by atoms with E-state index in [1.54, 1.807) is 0 Å². The SMILES string of the molecule is CC1Oc2c(Cl)cc(F)c(-n3c(=O)cc(C(F)(F)F)n(C)c3=O)c2NC1=O. The molecule has 0 aliphatic carbocycles. The lowest BCUT2D eigenvalue weighted by atomic mass is 10.1. The lowest BCUT2D eigenvalue weighted by Gasteiger charge is -2.26. The molecule has 27 heavy (non-hydrogen) atoms. The van der Waals surface area contributed by atoms with Crippen LogP contribution in [0.2, 0.25) is 5.02 Å². The fraction of sp³-hybridized carbons (Fsp3) is 0.267. The third-order valence-electron chi connectivity index (χ3n) is 3.91. The zero-order valence-corrected chi connectivity index (χ0v) is 14.4. The maximum absolute atomic E-state index is 14.6. The predicted molar refractivity (Wildman–Crippen MR) is 86.0 cm³/mol. The highest BCUT2D eigenvalue weighted by Crippen LogP contribution is 2.42. The van der Waals surface area contributed by atoms with Gasteiger partial charge in [0.05, 0.1) is 5.02 Å². The molecule has 7 nitrogen and oxygen atoms in total. The number of hydrogen-bond acceptors (Lipinski definition) is 4. The van der Waals surface area contributed by atoms with Crippen molar-refractivity contribution in [2.75, 3.05) is 5.32 Å². The maximum Gasteiger partial charge on any atom is 0.431 e. The zero-order valence-electron chi connectivity index (χ0n) is 13.6. The lowest BCUT2D eigenvalue weighted by molar-refractivity contribution is -0.144. The maximum atomic E-state index is 14.6. The van der Waals surface area contributed by atoms with Gasteiger partial charge in [-0.3, -0.25) is 14.2 Å². The summed E-state index contributed by atoms with van der Waals surface area (Å²) in [7, 11) is 0.776. The van der Waals surface area contributed by atoms with Crippen LogP contribution >= 0.6 is 11.6 Å². The van der Waals surface area contributed by atoms with Crippen LogP contribution in [-0.2, 0) is 18.0 Å². The van der Waals surface area contributed by atoms with Gasteiger partial charge >= 0.3 is 11.9 Å². The van der Waals surface area contributed by atoms with Crippen molar-refractivity contribution in [2.45, 2.75) is 19.2 Å². The first-order valence-corrected chi connectivity index (χ1v) is 7.71. The summed E-state index contributed by atoms with van der Waals surface area (Å²) in [5.74, 6) is -2.15. The quantitative estimate of drug-likeness (QED) is 0.734. The Morgan fingerprint density at radius 2 is 1.85 bits per heavy atom. The Morgan fingerprint density at radius 1 is 1.22 bits per heavy atom. The van der Waals surface area contributed by atoms with Gasteiger partial charge in [-0.2, -0.15) is 13.2 Å². The van der Waals surface area contributed by atoms with Crippen molar-refractivity contribution < 1.29 is 27.1 Å². The summed E-state index contributed by atoms with van der Waals surface area (Å²) in [5.41, 5.74) is -5.62. The molecule has 1 N–H and O–H groups in total. The number of fused-ring (bicyclic) bond motifs is 1. The van der Waals surface area contributed by atoms with Crippen LogP contribution in [0, 0.1) is 5.82 Å². The number of carbonyl (C=O) groups excluding carboxylic acids is 1. The number of halogens is 5. The number of rotatable bonds is 1. The van der Waals surface area contributed by atoms with Gasteiger partial charge in [0.1, 0.15) is 17.1 Å². The molecule has 2 heterocycles. The second kappa shape index (κ2) is 6.12. The Bertz CT molecular complexity index is 1090. The van der Waals surface area contributed by atoms with E-state index < -0.39 is 52.3 Å². The molecule has 0 bridgehead atoms. The minimum atomic E-state index is -4.98. The summed E-state index contributed by atoms with van der Waals surface area (Å²) >= 11 is 5.88. The smallest absolute Gasteiger partial charge is 0.431 e. The largest absolute Gasteiger partial charge is 0.477 e. The van der Waals surface area contributed by atoms with Gasteiger partial charge in [0.15, 0.2) is 17.7 Å². The normalized spacial score (nSPS) is 16.6. The highest BCUT2D eigenvalue weighted by atomic mass is 35.5. The Balaban J connectivity index is 2.39. The minimum absolute atomic E-state index is 0.149. The van der Waals surface area contributed by atoms with E-state index >= 15 is 0 Å². The molecule has 3 rings (SSSR count). The Hall–Kier alpha value is -2.82. The van der Waals surface area contributed by atoms with Gasteiger partial charge in [-0.1, -0.05) is 11.6 Å². The van der Waals surface area contributed by atoms with Gasteiger partial charge in [-0.25, -0.2) is 13.8 Å². The summed E-state index contributed by atoms with van der Waals surface area (Å²) < 4.78 is 59.0. The first-order valence-electron chi connectivity index (χ1n) is 7.33. The van der Waals surface area contributed by atoms with Crippen molar-refractivity contribution in [1.29, 1.82) is 0 Å². The van der Waals surface area contributed by atoms with Gasteiger partial charge in [0.2, 0.25) is 0 Å². The number of amides is 1. The van der Waals surface area contributed by atoms with Gasteiger partial charge in [-0.05, 0) is 13.0 Å². The van der Waals surface area contributed by atoms with Crippen LogP contribution in [-0.4, -0.2) is 21.1 Å². The molecule has 12 heteroatoms. The van der Waals surface area contributed by atoms with Crippen LogP contribution in [0.15, 0.2) is 21.7 Å². The highest BCUT2D eigenvalue weighted by Gasteiger charge is 2.36. The van der Waals surface area contributed by atoms with Crippen LogP contribution in [0.4, 0.5) is 23.2 Å². The van der Waals surface area contributed by atoms with E-state index in [2.05, 4.69) is 5.32 Å². The summed E-state index contributed by atoms with van der Waals surface area (Å²) in [6.45, 7) is 1.38. The first kappa shape index (κ1) is 19.0. The molecule has 1 aliphatic heterocycles. The Morgan fingerprint density at radius 3 is 2.44 bits per heavy atom. The number of alkyl halides is 3. The molecule has 1 unspecified atom stereocenters. The van der Waals surface area contributed by atoms with E-state index in [4.69, 9.17) is 16.3 Å². The molecule has 1 aromatic heterocycles. The molecule has 1 atom stereocenters. The second-order valence-corrected chi connectivity index (χ2v) is 6.09. The predicted octanol–water partition coefficient (Wildman–Crippen LogP) is 2.07. The standard InChI is InChI=1S/C15H10ClF4N3O4/c1-5-13(25)21-10-11(7(17)3-6(16)12(10)27-5)23-9(24)4-8(15(18,19)20)22(2)14(23)26/h3-5H,1-2H3,(H,21,25). The fourth-order valence-corrected chi connectivity index (χ4v) is 2.83. The molecule has 0 fully saturated rings. The number of ether oxygens (including phenoxy) is 1. The van der Waals surface area contributed by atoms with Crippen molar-refractivity contribution >= 4 is 23.2 Å². The van der Waals surface area contributed by atoms with Crippen molar-refractivity contribution in [1.82, 2.24) is 9.13 Å². The highest BCUT2D eigenvalue weighted by molar-refractivity contribution is 6.33. The summed E-state index contributed by atoms with van der Waals surface area (Å²) in [6.07, 6.45) is -5.97. The van der Waals surface area contributed by atoms with Crippen LogP contribution in [0.25, 0.3) is 5.69 Å². The van der Waals surface area contributed by atoms with Crippen LogP contribution < -0.4 is 21.3 Å². The van der Waals surface area contributed by atoms with Crippen molar-refractivity contribution in [3.8, 4) is 11.4 Å². The topological polar surface area (TPSA) is 82.3 Å². The molecular formula is C15H10ClF4N3O4. The molecule has 144 valence electrons. The van der Waals surface area contributed by atoms with E-state index in [0.29, 0.717) is 0 Å². The number of anilines is 1. The number of nitrogens with zero attached hydrogens (tertiary/aromatic N) is 2. The first-order chi connectivity index (χ1) is 12.4. The van der Waals surface area contributed by atoms with Crippen molar-refractivity contribution in [3.05, 3.63) is 49.5 Å². The number of nitrogens with one attached hydrogen (secondary N) is 1. The Kier molecular flexibility index (Phi) is 4.29. The van der Waals surface area contributed by atoms with Crippen molar-refractivity contribution in [3.63, 3.8) is 0 Å². The number of carbonyl (C=O) groups is 1. The molecule has 0 saturated heterocycles. The number of benzene rings is 1. The molecule has 0 spiro atoms. The third-order valence-corrected chi connectivity index (χ3v) is 4.19. The number of aromatic nitrogens is 2. The number of hydrogen-bond donors (Lipinski definition) is 1. The van der Waals surface area contributed by atoms with Gasteiger partial charge in [-0.15, -0.1) is 0 Å². The van der Waals surface area contributed by atoms with Crippen molar-refractivity contribution in [2.24, 2.45) is 7.05 Å². The van der Waals surface area contributed by atoms with Crippen LogP contribution in [0.1, 0.15) is 12.6 Å². The van der Waals surface area contributed by atoms with Crippen LogP contribution in [0.3, 0.4) is 0 Å². The van der Waals surface area contributed by atoms with Crippen LogP contribution in [0.5, 0.6) is 5.75 Å². The van der Waals surface area contributed by atoms with E-state index in [1.807, 2.05) is 0 Å². The minimum Gasteiger partial charge on any atom is -0.477 e.